The summed E-state index contributed by atoms with van der Waals surface area (Å²) < 4.78 is 4.83. The average molecular weight is 235 g/mol. The highest BCUT2D eigenvalue weighted by atomic mass is 16.5. The van der Waals surface area contributed by atoms with Crippen LogP contribution in [0.4, 0.5) is 0 Å². The molecule has 1 fully saturated rings. The van der Waals surface area contributed by atoms with Crippen LogP contribution in [-0.2, 0) is 9.53 Å². The molecule has 0 radical (unpaired) electrons. The molecule has 90 valence electrons. The van der Waals surface area contributed by atoms with Gasteiger partial charge in [-0.15, -0.1) is 0 Å². The van der Waals surface area contributed by atoms with Gasteiger partial charge in [-0.25, -0.2) is 4.79 Å². The number of carbonyl (C=O) groups is 2. The number of phenolic OH excluding ortho intramolecular Hbond substituents is 1. The van der Waals surface area contributed by atoms with E-state index in [-0.39, 0.29) is 24.3 Å². The minimum Gasteiger partial charge on any atom is -0.508 e. The third kappa shape index (κ3) is 3.48. The molecule has 1 aliphatic carbocycles. The largest absolute Gasteiger partial charge is 0.508 e. The Hall–Kier alpha value is -2.04. The predicted molar refractivity (Wildman–Crippen MR) is 59.6 cm³/mol. The number of nitrogens with one attached hydrogen (secondary N) is 1. The van der Waals surface area contributed by atoms with Crippen LogP contribution in [0.25, 0.3) is 0 Å². The van der Waals surface area contributed by atoms with Crippen LogP contribution in [0, 0.1) is 0 Å². The van der Waals surface area contributed by atoms with Crippen molar-refractivity contribution in [2.75, 3.05) is 6.61 Å². The van der Waals surface area contributed by atoms with Gasteiger partial charge in [0.15, 0.2) is 6.61 Å². The number of rotatable bonds is 4. The van der Waals surface area contributed by atoms with Crippen LogP contribution in [0.2, 0.25) is 0 Å². The number of hydrogen-bond donors (Lipinski definition) is 2. The second-order valence-corrected chi connectivity index (χ2v) is 3.96. The molecule has 0 atom stereocenters. The van der Waals surface area contributed by atoms with Gasteiger partial charge in [-0.05, 0) is 37.1 Å². The molecule has 1 aromatic carbocycles. The second-order valence-electron chi connectivity index (χ2n) is 3.96. The maximum absolute atomic E-state index is 11.5. The predicted octanol–water partition coefficient (Wildman–Crippen LogP) is 0.828. The van der Waals surface area contributed by atoms with Crippen LogP contribution >= 0.6 is 0 Å². The van der Waals surface area contributed by atoms with Gasteiger partial charge in [-0.1, -0.05) is 0 Å². The van der Waals surface area contributed by atoms with Crippen LogP contribution in [0.15, 0.2) is 24.3 Å². The average Bonchev–Trinajstić information content (AvgIpc) is 3.11. The highest BCUT2D eigenvalue weighted by Gasteiger charge is 2.23. The molecule has 0 aromatic heterocycles. The first-order valence-corrected chi connectivity index (χ1v) is 5.40. The summed E-state index contributed by atoms with van der Waals surface area (Å²) in [7, 11) is 0. The van der Waals surface area contributed by atoms with Crippen LogP contribution < -0.4 is 5.32 Å². The van der Waals surface area contributed by atoms with Crippen molar-refractivity contribution in [2.24, 2.45) is 0 Å². The van der Waals surface area contributed by atoms with Crippen molar-refractivity contribution >= 4 is 11.9 Å². The van der Waals surface area contributed by atoms with Gasteiger partial charge in [0, 0.05) is 6.04 Å². The van der Waals surface area contributed by atoms with Crippen molar-refractivity contribution < 1.29 is 19.4 Å². The molecule has 1 aromatic rings. The second kappa shape index (κ2) is 4.86. The smallest absolute Gasteiger partial charge is 0.338 e. The first kappa shape index (κ1) is 11.4. The van der Waals surface area contributed by atoms with Gasteiger partial charge in [-0.3, -0.25) is 4.79 Å². The number of hydrogen-bond acceptors (Lipinski definition) is 4. The number of ether oxygens (including phenoxy) is 1. The molecule has 5 nitrogen and oxygen atoms in total. The van der Waals surface area contributed by atoms with Gasteiger partial charge in [0.1, 0.15) is 5.75 Å². The van der Waals surface area contributed by atoms with Gasteiger partial charge in [0.05, 0.1) is 5.56 Å². The SMILES string of the molecule is O=C(COC(=O)c1ccc(O)cc1)NC1CC1. The van der Waals surface area contributed by atoms with Crippen molar-refractivity contribution in [1.29, 1.82) is 0 Å². The van der Waals surface area contributed by atoms with Gasteiger partial charge >= 0.3 is 5.97 Å². The van der Waals surface area contributed by atoms with E-state index in [0.717, 1.165) is 12.8 Å². The Morgan fingerprint density at radius 2 is 1.94 bits per heavy atom. The minimum atomic E-state index is -0.573. The molecule has 0 saturated heterocycles. The zero-order valence-electron chi connectivity index (χ0n) is 9.18. The summed E-state index contributed by atoms with van der Waals surface area (Å²) in [5, 5.41) is 11.8. The number of aromatic hydroxyl groups is 1. The van der Waals surface area contributed by atoms with E-state index in [2.05, 4.69) is 5.32 Å². The van der Waals surface area contributed by atoms with Crippen molar-refractivity contribution in [3.05, 3.63) is 29.8 Å². The molecule has 1 saturated carbocycles. The molecular formula is C12H13NO4. The maximum atomic E-state index is 11.5. The van der Waals surface area contributed by atoms with Crippen molar-refractivity contribution in [3.8, 4) is 5.75 Å². The monoisotopic (exact) mass is 235 g/mol. The maximum Gasteiger partial charge on any atom is 0.338 e. The van der Waals surface area contributed by atoms with E-state index in [4.69, 9.17) is 9.84 Å². The van der Waals surface area contributed by atoms with Crippen molar-refractivity contribution in [3.63, 3.8) is 0 Å². The van der Waals surface area contributed by atoms with Gasteiger partial charge < -0.3 is 15.2 Å². The Kier molecular flexibility index (Phi) is 3.27. The molecule has 1 aliphatic rings. The Morgan fingerprint density at radius 3 is 2.53 bits per heavy atom. The molecule has 2 rings (SSSR count). The van der Waals surface area contributed by atoms with E-state index < -0.39 is 5.97 Å². The van der Waals surface area contributed by atoms with E-state index >= 15 is 0 Å². The molecule has 5 heteroatoms. The molecule has 17 heavy (non-hydrogen) atoms. The summed E-state index contributed by atoms with van der Waals surface area (Å²) in [6.07, 6.45) is 2.00. The Labute approximate surface area is 98.4 Å². The molecule has 1 amide bonds. The highest BCUT2D eigenvalue weighted by molar-refractivity contribution is 5.91. The lowest BCUT2D eigenvalue weighted by molar-refractivity contribution is -0.124. The van der Waals surface area contributed by atoms with Crippen LogP contribution in [0.1, 0.15) is 23.2 Å². The van der Waals surface area contributed by atoms with E-state index in [1.165, 1.54) is 24.3 Å². The summed E-state index contributed by atoms with van der Waals surface area (Å²) in [6, 6.07) is 5.92. The normalized spacial score (nSPS) is 14.1. The fourth-order valence-electron chi connectivity index (χ4n) is 1.31. The summed E-state index contributed by atoms with van der Waals surface area (Å²) >= 11 is 0. The van der Waals surface area contributed by atoms with Crippen molar-refractivity contribution in [2.45, 2.75) is 18.9 Å². The fourth-order valence-corrected chi connectivity index (χ4v) is 1.31. The van der Waals surface area contributed by atoms with Crippen molar-refractivity contribution in [1.82, 2.24) is 5.32 Å². The molecule has 0 unspecified atom stereocenters. The summed E-state index contributed by atoms with van der Waals surface area (Å²) in [6.45, 7) is -0.268. The molecule has 0 spiro atoms. The van der Waals surface area contributed by atoms with E-state index in [1.54, 1.807) is 0 Å². The first-order chi connectivity index (χ1) is 8.15. The Bertz CT molecular complexity index is 423. The minimum absolute atomic E-state index is 0.0769. The number of phenols is 1. The van der Waals surface area contributed by atoms with Crippen LogP contribution in [0.5, 0.6) is 5.75 Å². The van der Waals surface area contributed by atoms with E-state index in [9.17, 15) is 9.59 Å². The summed E-state index contributed by atoms with van der Waals surface area (Å²) in [4.78, 5) is 22.7. The zero-order valence-corrected chi connectivity index (χ0v) is 9.18. The standard InChI is InChI=1S/C12H13NO4/c14-10-5-1-8(2-6-10)12(16)17-7-11(15)13-9-3-4-9/h1-2,5-6,9,14H,3-4,7H2,(H,13,15). The first-order valence-electron chi connectivity index (χ1n) is 5.40. The topological polar surface area (TPSA) is 75.6 Å². The molecule has 0 aliphatic heterocycles. The van der Waals surface area contributed by atoms with E-state index in [0.29, 0.717) is 5.56 Å². The summed E-state index contributed by atoms with van der Waals surface area (Å²) in [5.41, 5.74) is 0.307. The summed E-state index contributed by atoms with van der Waals surface area (Å²) in [5.74, 6) is -0.774. The number of esters is 1. The Balaban J connectivity index is 1.79. The lowest BCUT2D eigenvalue weighted by atomic mass is 10.2. The van der Waals surface area contributed by atoms with Crippen LogP contribution in [-0.4, -0.2) is 29.6 Å². The zero-order chi connectivity index (χ0) is 12.3. The van der Waals surface area contributed by atoms with Crippen LogP contribution in [0.3, 0.4) is 0 Å². The Morgan fingerprint density at radius 1 is 1.29 bits per heavy atom. The molecule has 0 heterocycles. The number of benzene rings is 1. The lowest BCUT2D eigenvalue weighted by Crippen LogP contribution is -2.30. The fraction of sp³-hybridized carbons (Fsp3) is 0.333. The van der Waals surface area contributed by atoms with E-state index in [1.807, 2.05) is 0 Å². The molecule has 2 N–H and O–H groups in total. The van der Waals surface area contributed by atoms with Gasteiger partial charge in [-0.2, -0.15) is 0 Å². The van der Waals surface area contributed by atoms with Gasteiger partial charge in [0.2, 0.25) is 0 Å². The number of carbonyl (C=O) groups excluding carboxylic acids is 2. The lowest BCUT2D eigenvalue weighted by Gasteiger charge is -2.05. The third-order valence-corrected chi connectivity index (χ3v) is 2.38. The molecular weight excluding hydrogens is 222 g/mol. The molecule has 0 bridgehead atoms. The third-order valence-electron chi connectivity index (χ3n) is 2.38. The van der Waals surface area contributed by atoms with Gasteiger partial charge in [0.25, 0.3) is 5.91 Å². The number of amides is 1. The quantitative estimate of drug-likeness (QED) is 0.758. The highest BCUT2D eigenvalue weighted by Crippen LogP contribution is 2.18.